The molecule has 338 valence electrons. The second-order valence-corrected chi connectivity index (χ2v) is 16.6. The number of rotatable bonds is 7. The zero-order chi connectivity index (χ0) is 45.0. The molecule has 62 heavy (non-hydrogen) atoms. The Labute approximate surface area is 356 Å². The van der Waals surface area contributed by atoms with E-state index in [9.17, 15) is 53.7 Å². The monoisotopic (exact) mass is 868 g/mol. The van der Waals surface area contributed by atoms with Crippen LogP contribution < -0.4 is 47.7 Å². The number of carbonyl (C=O) groups excluding carboxylic acids is 8. The average molecular weight is 869 g/mol. The van der Waals surface area contributed by atoms with Gasteiger partial charge in [0.05, 0.1) is 44.4 Å². The molecule has 5 aliphatic rings. The molecule has 1 aromatic carbocycles. The molecule has 22 nitrogen and oxygen atoms in total. The van der Waals surface area contributed by atoms with Crippen LogP contribution in [0.15, 0.2) is 18.2 Å². The van der Waals surface area contributed by atoms with Gasteiger partial charge in [-0.3, -0.25) is 43.7 Å². The Morgan fingerprint density at radius 2 is 1.60 bits per heavy atom. The molecule has 2 aromatic rings. The van der Waals surface area contributed by atoms with Crippen LogP contribution in [0.5, 0.6) is 5.88 Å². The van der Waals surface area contributed by atoms with E-state index < -0.39 is 146 Å². The molecule has 0 aliphatic carbocycles. The molecule has 0 saturated carbocycles. The van der Waals surface area contributed by atoms with Crippen molar-refractivity contribution in [1.82, 2.24) is 47.1 Å². The number of hydrogen-bond acceptors (Lipinski definition) is 13. The first-order valence-corrected chi connectivity index (χ1v) is 20.8. The van der Waals surface area contributed by atoms with Gasteiger partial charge in [-0.1, -0.05) is 39.3 Å². The van der Waals surface area contributed by atoms with Crippen molar-refractivity contribution in [1.29, 1.82) is 0 Å². The van der Waals surface area contributed by atoms with Crippen LogP contribution in [0, 0.1) is 11.8 Å². The van der Waals surface area contributed by atoms with Gasteiger partial charge < -0.3 is 67.6 Å². The minimum absolute atomic E-state index is 0.0335. The number of hydrogen-bond donors (Lipinski definition) is 12. The highest BCUT2D eigenvalue weighted by atomic mass is 16.5. The number of ether oxygens (including phenoxy) is 1. The summed E-state index contributed by atoms with van der Waals surface area (Å²) in [4.78, 5) is 114. The lowest BCUT2D eigenvalue weighted by molar-refractivity contribution is -0.140. The number of primary amides is 1. The van der Waals surface area contributed by atoms with Crippen LogP contribution in [0.4, 0.5) is 0 Å². The summed E-state index contributed by atoms with van der Waals surface area (Å²) in [5.41, 5.74) is 7.01. The van der Waals surface area contributed by atoms with E-state index in [0.29, 0.717) is 28.5 Å². The summed E-state index contributed by atoms with van der Waals surface area (Å²) < 4.78 is 6.23. The molecular formula is C40H56N10O12. The van der Waals surface area contributed by atoms with E-state index in [0.717, 1.165) is 0 Å². The fourth-order valence-electron chi connectivity index (χ4n) is 8.46. The number of nitrogens with zero attached hydrogens (tertiary/aromatic N) is 1. The lowest BCUT2D eigenvalue weighted by atomic mass is 9.89. The van der Waals surface area contributed by atoms with Gasteiger partial charge in [0, 0.05) is 47.4 Å². The van der Waals surface area contributed by atoms with Crippen LogP contribution in [0.1, 0.15) is 63.6 Å². The number of benzene rings is 1. The quantitative estimate of drug-likeness (QED) is 0.125. The van der Waals surface area contributed by atoms with Gasteiger partial charge in [0.1, 0.15) is 30.8 Å². The first-order valence-electron chi connectivity index (χ1n) is 20.8. The van der Waals surface area contributed by atoms with Gasteiger partial charge in [-0.15, -0.1) is 0 Å². The fourth-order valence-corrected chi connectivity index (χ4v) is 8.46. The highest BCUT2D eigenvalue weighted by molar-refractivity contribution is 5.97. The molecule has 1 fully saturated rings. The molecule has 13 N–H and O–H groups in total. The minimum Gasteiger partial charge on any atom is -0.476 e. The predicted octanol–water partition coefficient (Wildman–Crippen LogP) is -4.44. The van der Waals surface area contributed by atoms with Crippen molar-refractivity contribution >= 4 is 58.2 Å². The molecule has 6 heterocycles. The maximum absolute atomic E-state index is 14.5. The Hall–Kier alpha value is -5.84. The smallest absolute Gasteiger partial charge is 0.246 e. The van der Waals surface area contributed by atoms with Gasteiger partial charge in [0.25, 0.3) is 0 Å². The topological polar surface area (TPSA) is 336 Å². The fraction of sp³-hybridized carbons (Fsp3) is 0.600. The third-order valence-corrected chi connectivity index (χ3v) is 12.2. The van der Waals surface area contributed by atoms with Gasteiger partial charge >= 0.3 is 0 Å². The number of aliphatic hydroxyl groups is 3. The molecule has 8 amide bonds. The molecule has 1 saturated heterocycles. The van der Waals surface area contributed by atoms with E-state index >= 15 is 0 Å². The Balaban J connectivity index is 1.54. The number of aromatic amines is 1. The standard InChI is InChI=1S/C40H56N10O12/c1-4-17(2)33-37(59)43-12-31(55)44-28-16-62-39-23-10-26(35(57)42-13-32(56)49-33)46-38(60)34(18(3)29(53)15-51)45-24(19-5-6-22(23)25(7-19)48-39)9-20-8-21(52)14-50(20)40(61)27(11-30(41)54)47-36(28)58/h5-7,17-18,20-21,24,26-29,33-34,45,48,51-53H,4,8-16H2,1-3H3,(H2,41,54)(H,42,57)(H,43,59)(H,44,55)(H,46,60)(H,47,58)(H,49,56). The molecule has 8 bridgehead atoms. The van der Waals surface area contributed by atoms with Crippen LogP contribution in [0.25, 0.3) is 10.9 Å². The maximum Gasteiger partial charge on any atom is 0.246 e. The van der Waals surface area contributed by atoms with Crippen molar-refractivity contribution in [3.63, 3.8) is 0 Å². The molecule has 11 unspecified atom stereocenters. The maximum atomic E-state index is 14.5. The van der Waals surface area contributed by atoms with Crippen molar-refractivity contribution in [3.8, 4) is 5.88 Å². The summed E-state index contributed by atoms with van der Waals surface area (Å²) in [7, 11) is 0. The predicted molar refractivity (Wildman–Crippen MR) is 217 cm³/mol. The number of nitrogens with one attached hydrogen (secondary N) is 8. The van der Waals surface area contributed by atoms with Crippen molar-refractivity contribution in [3.05, 3.63) is 29.3 Å². The molecule has 0 radical (unpaired) electrons. The number of aliphatic hydroxyl groups excluding tert-OH is 3. The largest absolute Gasteiger partial charge is 0.476 e. The third-order valence-electron chi connectivity index (χ3n) is 12.2. The van der Waals surface area contributed by atoms with Crippen LogP contribution >= 0.6 is 0 Å². The number of aromatic nitrogens is 1. The second-order valence-electron chi connectivity index (χ2n) is 16.6. The average Bonchev–Trinajstić information content (AvgIpc) is 3.78. The Bertz CT molecular complexity index is 2080. The van der Waals surface area contributed by atoms with Crippen LogP contribution in [-0.2, 0) is 44.8 Å². The van der Waals surface area contributed by atoms with Crippen LogP contribution in [0.2, 0.25) is 0 Å². The SMILES string of the molecule is CCC(C)C1NC(=O)CNC(=O)C2Cc3c4[nH]c5cc(ccc35)C(CC3CC(O)CN3C(=O)C(CC(N)=O)NC(=O)C(CO4)NC(=O)CNC1=O)NC(C(C)C(O)CO)C(=O)N2. The second kappa shape index (κ2) is 19.5. The molecule has 1 aromatic heterocycles. The number of H-pyrrole nitrogens is 1. The van der Waals surface area contributed by atoms with Crippen molar-refractivity contribution < 1.29 is 58.4 Å². The van der Waals surface area contributed by atoms with E-state index in [4.69, 9.17) is 10.5 Å². The van der Waals surface area contributed by atoms with Gasteiger partial charge in [0.15, 0.2) is 5.88 Å². The lowest BCUT2D eigenvalue weighted by Gasteiger charge is -2.35. The van der Waals surface area contributed by atoms with Crippen LogP contribution in [0.3, 0.4) is 0 Å². The van der Waals surface area contributed by atoms with E-state index in [1.807, 2.05) is 0 Å². The molecule has 11 atom stereocenters. The third kappa shape index (κ3) is 10.3. The van der Waals surface area contributed by atoms with E-state index in [-0.39, 0.29) is 31.7 Å². The van der Waals surface area contributed by atoms with Gasteiger partial charge in [0.2, 0.25) is 47.3 Å². The Morgan fingerprint density at radius 3 is 2.29 bits per heavy atom. The molecular weight excluding hydrogens is 812 g/mol. The number of nitrogens with two attached hydrogens (primary N) is 1. The van der Waals surface area contributed by atoms with Crippen molar-refractivity contribution in [2.24, 2.45) is 17.6 Å². The Kier molecular flexibility index (Phi) is 14.3. The first-order chi connectivity index (χ1) is 29.5. The summed E-state index contributed by atoms with van der Waals surface area (Å²) in [6, 6.07) is -3.31. The van der Waals surface area contributed by atoms with Gasteiger partial charge in [-0.05, 0) is 30.4 Å². The highest BCUT2D eigenvalue weighted by Gasteiger charge is 2.43. The number of carbonyl (C=O) groups is 8. The lowest BCUT2D eigenvalue weighted by Crippen LogP contribution is -2.59. The highest BCUT2D eigenvalue weighted by Crippen LogP contribution is 2.35. The van der Waals surface area contributed by atoms with Crippen molar-refractivity contribution in [2.45, 2.75) is 107 Å². The van der Waals surface area contributed by atoms with Gasteiger partial charge in [-0.25, -0.2) is 0 Å². The van der Waals surface area contributed by atoms with E-state index in [1.165, 1.54) is 11.8 Å². The van der Waals surface area contributed by atoms with E-state index in [2.05, 4.69) is 42.2 Å². The molecule has 22 heteroatoms. The minimum atomic E-state index is -1.58. The summed E-state index contributed by atoms with van der Waals surface area (Å²) in [6.07, 6.45) is -2.85. The first kappa shape index (κ1) is 45.7. The molecule has 0 spiro atoms. The van der Waals surface area contributed by atoms with Crippen LogP contribution in [-0.4, -0.2) is 154 Å². The summed E-state index contributed by atoms with van der Waals surface area (Å²) >= 11 is 0. The molecule has 5 aliphatic heterocycles. The van der Waals surface area contributed by atoms with Gasteiger partial charge in [-0.2, -0.15) is 0 Å². The van der Waals surface area contributed by atoms with Crippen molar-refractivity contribution in [2.75, 3.05) is 32.8 Å². The zero-order valence-corrected chi connectivity index (χ0v) is 34.7. The number of amides is 8. The number of fused-ring (bicyclic) bond motifs is 7. The molecule has 7 rings (SSSR count). The summed E-state index contributed by atoms with van der Waals surface area (Å²) in [6.45, 7) is 2.25. The Morgan fingerprint density at radius 1 is 0.887 bits per heavy atom. The summed E-state index contributed by atoms with van der Waals surface area (Å²) in [5.74, 6) is -7.96. The summed E-state index contributed by atoms with van der Waals surface area (Å²) in [5, 5.41) is 51.2. The van der Waals surface area contributed by atoms with E-state index in [1.54, 1.807) is 32.0 Å². The normalized spacial score (nSPS) is 29.5. The zero-order valence-electron chi connectivity index (χ0n) is 34.7.